The maximum atomic E-state index is 13.2. The topological polar surface area (TPSA) is 83.0 Å². The highest BCUT2D eigenvalue weighted by Crippen LogP contribution is 2.03. The fraction of sp³-hybridized carbons (Fsp3) is 0.0909. The minimum Gasteiger partial charge on any atom is -0.288 e. The minimum absolute atomic E-state index is 0.0955. The zero-order valence-electron chi connectivity index (χ0n) is 9.51. The zero-order chi connectivity index (χ0) is 13.0. The molecule has 0 unspecified atom stereocenters. The van der Waals surface area contributed by atoms with Gasteiger partial charge in [0.05, 0.1) is 6.21 Å². The first-order chi connectivity index (χ1) is 8.66. The number of halogens is 1. The van der Waals surface area contributed by atoms with Crippen LogP contribution in [-0.2, 0) is 0 Å². The van der Waals surface area contributed by atoms with Crippen LogP contribution in [0.2, 0.25) is 0 Å². The van der Waals surface area contributed by atoms with Crippen LogP contribution in [0.15, 0.2) is 34.2 Å². The average molecular weight is 247 g/mol. The lowest BCUT2D eigenvalue weighted by Gasteiger charge is -1.98. The molecule has 0 fully saturated rings. The predicted octanol–water partition coefficient (Wildman–Crippen LogP) is 1.06. The quantitative estimate of drug-likeness (QED) is 0.627. The molecule has 0 saturated carbocycles. The van der Waals surface area contributed by atoms with Crippen LogP contribution in [0.25, 0.3) is 0 Å². The zero-order valence-corrected chi connectivity index (χ0v) is 9.51. The Morgan fingerprint density at radius 3 is 2.89 bits per heavy atom. The van der Waals surface area contributed by atoms with Crippen LogP contribution < -0.4 is 11.0 Å². The van der Waals surface area contributed by atoms with Gasteiger partial charge in [0.1, 0.15) is 11.5 Å². The van der Waals surface area contributed by atoms with Crippen LogP contribution in [0.5, 0.6) is 0 Å². The number of anilines is 1. The van der Waals surface area contributed by atoms with Gasteiger partial charge < -0.3 is 0 Å². The molecule has 1 heterocycles. The minimum atomic E-state index is -0.383. The van der Waals surface area contributed by atoms with E-state index in [1.54, 1.807) is 18.2 Å². The Labute approximate surface area is 102 Å². The fourth-order valence-electron chi connectivity index (χ4n) is 1.19. The fourth-order valence-corrected chi connectivity index (χ4v) is 1.19. The lowest BCUT2D eigenvalue weighted by atomic mass is 10.2. The Hall–Kier alpha value is -2.57. The molecule has 0 spiro atoms. The second kappa shape index (κ2) is 5.17. The standard InChI is InChI=1S/C11H10FN5O/c1-7-10(18)14-11(17-15-7)16-13-6-8-4-2-3-5-9(8)12/h2-6H,1H3,(H2,14,16,17,18)/b13-6+. The molecule has 0 aliphatic rings. The number of hydrazone groups is 1. The first-order valence-electron chi connectivity index (χ1n) is 5.14. The molecular formula is C11H10FN5O. The van der Waals surface area contributed by atoms with E-state index in [4.69, 9.17) is 0 Å². The molecule has 0 saturated heterocycles. The number of H-pyrrole nitrogens is 1. The van der Waals surface area contributed by atoms with E-state index >= 15 is 0 Å². The number of aromatic amines is 1. The Morgan fingerprint density at radius 1 is 1.39 bits per heavy atom. The third kappa shape index (κ3) is 2.76. The smallest absolute Gasteiger partial charge is 0.274 e. The molecule has 7 heteroatoms. The summed E-state index contributed by atoms with van der Waals surface area (Å²) in [5, 5.41) is 11.0. The van der Waals surface area contributed by atoms with E-state index in [1.807, 2.05) is 0 Å². The van der Waals surface area contributed by atoms with E-state index in [9.17, 15) is 9.18 Å². The Morgan fingerprint density at radius 2 is 2.17 bits per heavy atom. The van der Waals surface area contributed by atoms with Crippen LogP contribution in [0.3, 0.4) is 0 Å². The van der Waals surface area contributed by atoms with Crippen molar-refractivity contribution in [3.8, 4) is 0 Å². The maximum Gasteiger partial charge on any atom is 0.274 e. The molecule has 0 radical (unpaired) electrons. The molecule has 0 bridgehead atoms. The van der Waals surface area contributed by atoms with Crippen LogP contribution in [-0.4, -0.2) is 21.4 Å². The number of nitrogens with one attached hydrogen (secondary N) is 2. The molecule has 0 aliphatic carbocycles. The van der Waals surface area contributed by atoms with Gasteiger partial charge in [-0.25, -0.2) is 9.82 Å². The molecule has 0 amide bonds. The summed E-state index contributed by atoms with van der Waals surface area (Å²) in [4.78, 5) is 13.6. The van der Waals surface area contributed by atoms with Gasteiger partial charge in [0.25, 0.3) is 5.56 Å². The molecule has 1 aromatic heterocycles. The van der Waals surface area contributed by atoms with Crippen molar-refractivity contribution in [2.75, 3.05) is 5.43 Å². The van der Waals surface area contributed by atoms with Gasteiger partial charge in [-0.15, -0.1) is 10.2 Å². The van der Waals surface area contributed by atoms with Crippen molar-refractivity contribution in [3.05, 3.63) is 51.7 Å². The van der Waals surface area contributed by atoms with Crippen molar-refractivity contribution in [1.82, 2.24) is 15.2 Å². The van der Waals surface area contributed by atoms with E-state index in [0.29, 0.717) is 5.56 Å². The van der Waals surface area contributed by atoms with Gasteiger partial charge in [-0.2, -0.15) is 5.10 Å². The molecule has 1 aromatic carbocycles. The van der Waals surface area contributed by atoms with Crippen molar-refractivity contribution in [2.24, 2.45) is 5.10 Å². The second-order valence-electron chi connectivity index (χ2n) is 3.48. The van der Waals surface area contributed by atoms with Gasteiger partial charge in [0, 0.05) is 5.56 Å². The van der Waals surface area contributed by atoms with E-state index < -0.39 is 0 Å². The number of hydrogen-bond acceptors (Lipinski definition) is 5. The molecule has 0 aliphatic heterocycles. The summed E-state index contributed by atoms with van der Waals surface area (Å²) in [6.45, 7) is 1.54. The number of aryl methyl sites for hydroxylation is 1. The van der Waals surface area contributed by atoms with Gasteiger partial charge in [-0.3, -0.25) is 9.78 Å². The third-order valence-corrected chi connectivity index (χ3v) is 2.14. The van der Waals surface area contributed by atoms with Crippen molar-refractivity contribution in [3.63, 3.8) is 0 Å². The first-order valence-corrected chi connectivity index (χ1v) is 5.14. The number of benzene rings is 1. The number of nitrogens with zero attached hydrogens (tertiary/aromatic N) is 3. The molecule has 2 rings (SSSR count). The third-order valence-electron chi connectivity index (χ3n) is 2.14. The summed E-state index contributed by atoms with van der Waals surface area (Å²) in [6, 6.07) is 6.18. The first kappa shape index (κ1) is 11.9. The highest BCUT2D eigenvalue weighted by molar-refractivity contribution is 5.80. The van der Waals surface area contributed by atoms with E-state index in [2.05, 4.69) is 25.7 Å². The molecular weight excluding hydrogens is 237 g/mol. The lowest BCUT2D eigenvalue weighted by Crippen LogP contribution is -2.15. The number of hydrogen-bond donors (Lipinski definition) is 2. The van der Waals surface area contributed by atoms with Gasteiger partial charge in [0.15, 0.2) is 0 Å². The molecule has 2 N–H and O–H groups in total. The van der Waals surface area contributed by atoms with Crippen molar-refractivity contribution in [1.29, 1.82) is 0 Å². The second-order valence-corrected chi connectivity index (χ2v) is 3.48. The summed E-state index contributed by atoms with van der Waals surface area (Å²) in [5.74, 6) is -0.287. The molecule has 92 valence electrons. The Kier molecular flexibility index (Phi) is 3.42. The van der Waals surface area contributed by atoms with Crippen molar-refractivity contribution >= 4 is 12.2 Å². The summed E-state index contributed by atoms with van der Waals surface area (Å²) in [7, 11) is 0. The SMILES string of the molecule is Cc1nnc(N/N=C/c2ccccc2F)[nH]c1=O. The molecule has 6 nitrogen and oxygen atoms in total. The molecule has 0 atom stereocenters. The summed E-state index contributed by atoms with van der Waals surface area (Å²) in [6.07, 6.45) is 1.29. The van der Waals surface area contributed by atoms with E-state index in [-0.39, 0.29) is 23.0 Å². The van der Waals surface area contributed by atoms with Crippen LogP contribution in [0, 0.1) is 12.7 Å². The monoisotopic (exact) mass is 247 g/mol. The Bertz CT molecular complexity index is 637. The highest BCUT2D eigenvalue weighted by Gasteiger charge is 1.98. The van der Waals surface area contributed by atoms with Crippen molar-refractivity contribution < 1.29 is 4.39 Å². The number of aromatic nitrogens is 3. The van der Waals surface area contributed by atoms with Gasteiger partial charge in [-0.05, 0) is 13.0 Å². The largest absolute Gasteiger partial charge is 0.288 e. The molecule has 2 aromatic rings. The van der Waals surface area contributed by atoms with Crippen molar-refractivity contribution in [2.45, 2.75) is 6.92 Å². The van der Waals surface area contributed by atoms with Gasteiger partial charge in [-0.1, -0.05) is 18.2 Å². The normalized spacial score (nSPS) is 10.8. The van der Waals surface area contributed by atoms with Crippen LogP contribution in [0.1, 0.15) is 11.3 Å². The van der Waals surface area contributed by atoms with E-state index in [0.717, 1.165) is 0 Å². The predicted molar refractivity (Wildman–Crippen MR) is 65.0 cm³/mol. The Balaban J connectivity index is 2.10. The van der Waals surface area contributed by atoms with Gasteiger partial charge in [0.2, 0.25) is 5.95 Å². The lowest BCUT2D eigenvalue weighted by molar-refractivity contribution is 0.626. The van der Waals surface area contributed by atoms with E-state index in [1.165, 1.54) is 19.2 Å². The number of rotatable bonds is 3. The van der Waals surface area contributed by atoms with Crippen LogP contribution in [0.4, 0.5) is 10.3 Å². The average Bonchev–Trinajstić information content (AvgIpc) is 2.36. The summed E-state index contributed by atoms with van der Waals surface area (Å²) >= 11 is 0. The van der Waals surface area contributed by atoms with Gasteiger partial charge >= 0.3 is 0 Å². The van der Waals surface area contributed by atoms with Crippen LogP contribution >= 0.6 is 0 Å². The maximum absolute atomic E-state index is 13.2. The summed E-state index contributed by atoms with van der Waals surface area (Å²) in [5.41, 5.74) is 2.70. The molecule has 18 heavy (non-hydrogen) atoms. The highest BCUT2D eigenvalue weighted by atomic mass is 19.1. The summed E-state index contributed by atoms with van der Waals surface area (Å²) < 4.78 is 13.2.